The summed E-state index contributed by atoms with van der Waals surface area (Å²) in [6, 6.07) is 7.13. The molecule has 1 aliphatic carbocycles. The number of amides is 1. The molecular formula is C21H30N2O. The Morgan fingerprint density at radius 3 is 2.75 bits per heavy atom. The fourth-order valence-corrected chi connectivity index (χ4v) is 5.28. The Hall–Kier alpha value is -1.35. The molecule has 130 valence electrons. The molecule has 3 heteroatoms. The minimum atomic E-state index is 0.165. The summed E-state index contributed by atoms with van der Waals surface area (Å²) in [5, 5.41) is 0. The Kier molecular flexibility index (Phi) is 4.38. The van der Waals surface area contributed by atoms with Gasteiger partial charge in [0, 0.05) is 31.6 Å². The van der Waals surface area contributed by atoms with Crippen molar-refractivity contribution in [3.63, 3.8) is 0 Å². The highest BCUT2D eigenvalue weighted by Crippen LogP contribution is 2.39. The van der Waals surface area contributed by atoms with Crippen molar-refractivity contribution in [1.29, 1.82) is 0 Å². The molecule has 3 nitrogen and oxygen atoms in total. The predicted octanol–water partition coefficient (Wildman–Crippen LogP) is 3.54. The average molecular weight is 326 g/mol. The topological polar surface area (TPSA) is 23.6 Å². The van der Waals surface area contributed by atoms with Crippen molar-refractivity contribution in [2.24, 2.45) is 0 Å². The van der Waals surface area contributed by atoms with Crippen LogP contribution < -0.4 is 0 Å². The van der Waals surface area contributed by atoms with Gasteiger partial charge in [0.1, 0.15) is 0 Å². The van der Waals surface area contributed by atoms with Crippen LogP contribution in [0.5, 0.6) is 0 Å². The Bertz CT molecular complexity index is 626. The zero-order valence-corrected chi connectivity index (χ0v) is 15.0. The Labute approximate surface area is 146 Å². The van der Waals surface area contributed by atoms with E-state index >= 15 is 0 Å². The standard InChI is InChI=1S/C21H30N2O/c1-2-23-20(24)9-11-21(23)10-4-13-22(14-12-21)16-17-7-8-18-5-3-6-19(18)15-17/h7-8,15H,2-6,9-14,16H2,1H3/t21-/m0/s1. The van der Waals surface area contributed by atoms with Crippen LogP contribution in [0.4, 0.5) is 0 Å². The van der Waals surface area contributed by atoms with E-state index in [1.54, 1.807) is 11.1 Å². The third-order valence-electron chi connectivity index (χ3n) is 6.57. The quantitative estimate of drug-likeness (QED) is 0.848. The second-order valence-corrected chi connectivity index (χ2v) is 7.95. The van der Waals surface area contributed by atoms with Crippen LogP contribution in [0.15, 0.2) is 18.2 Å². The molecule has 1 aromatic rings. The monoisotopic (exact) mass is 326 g/mol. The Morgan fingerprint density at radius 1 is 1.00 bits per heavy atom. The van der Waals surface area contributed by atoms with E-state index in [-0.39, 0.29) is 5.54 Å². The lowest BCUT2D eigenvalue weighted by Gasteiger charge is -2.37. The Morgan fingerprint density at radius 2 is 1.88 bits per heavy atom. The number of carbonyl (C=O) groups excluding carboxylic acids is 1. The summed E-state index contributed by atoms with van der Waals surface area (Å²) in [6.07, 6.45) is 9.25. The van der Waals surface area contributed by atoms with Gasteiger partial charge in [0.25, 0.3) is 0 Å². The number of hydrogen-bond acceptors (Lipinski definition) is 2. The second kappa shape index (κ2) is 6.51. The van der Waals surface area contributed by atoms with Crippen LogP contribution in [0.2, 0.25) is 0 Å². The van der Waals surface area contributed by atoms with Gasteiger partial charge >= 0.3 is 0 Å². The van der Waals surface area contributed by atoms with Crippen LogP contribution in [0.3, 0.4) is 0 Å². The molecule has 1 atom stereocenters. The molecule has 0 bridgehead atoms. The summed E-state index contributed by atoms with van der Waals surface area (Å²) in [6.45, 7) is 6.39. The van der Waals surface area contributed by atoms with Gasteiger partial charge in [0.05, 0.1) is 0 Å². The van der Waals surface area contributed by atoms with E-state index in [1.165, 1.54) is 44.2 Å². The van der Waals surface area contributed by atoms with Crippen molar-refractivity contribution >= 4 is 5.91 Å². The lowest BCUT2D eigenvalue weighted by atomic mass is 9.88. The van der Waals surface area contributed by atoms with Crippen LogP contribution in [0.1, 0.15) is 62.1 Å². The third-order valence-corrected chi connectivity index (χ3v) is 6.57. The number of carbonyl (C=O) groups is 1. The number of likely N-dealkylation sites (tertiary alicyclic amines) is 2. The van der Waals surface area contributed by atoms with Gasteiger partial charge in [-0.3, -0.25) is 9.69 Å². The first-order valence-electron chi connectivity index (χ1n) is 9.84. The van der Waals surface area contributed by atoms with Gasteiger partial charge < -0.3 is 4.90 Å². The number of benzene rings is 1. The molecule has 0 radical (unpaired) electrons. The van der Waals surface area contributed by atoms with Gasteiger partial charge in [0.15, 0.2) is 0 Å². The van der Waals surface area contributed by atoms with E-state index in [9.17, 15) is 4.79 Å². The largest absolute Gasteiger partial charge is 0.337 e. The first kappa shape index (κ1) is 16.1. The van der Waals surface area contributed by atoms with Crippen molar-refractivity contribution in [3.8, 4) is 0 Å². The number of nitrogens with zero attached hydrogens (tertiary/aromatic N) is 2. The summed E-state index contributed by atoms with van der Waals surface area (Å²) in [4.78, 5) is 17.0. The summed E-state index contributed by atoms with van der Waals surface area (Å²) < 4.78 is 0. The zero-order valence-electron chi connectivity index (χ0n) is 15.0. The normalized spacial score (nSPS) is 27.7. The molecule has 0 unspecified atom stereocenters. The molecular weight excluding hydrogens is 296 g/mol. The van der Waals surface area contributed by atoms with E-state index < -0.39 is 0 Å². The van der Waals surface area contributed by atoms with Gasteiger partial charge in [-0.1, -0.05) is 18.2 Å². The molecule has 0 saturated carbocycles. The molecule has 2 fully saturated rings. The molecule has 2 aliphatic heterocycles. The molecule has 3 aliphatic rings. The summed E-state index contributed by atoms with van der Waals surface area (Å²) in [5.41, 5.74) is 4.79. The second-order valence-electron chi connectivity index (χ2n) is 7.95. The predicted molar refractivity (Wildman–Crippen MR) is 96.9 cm³/mol. The summed E-state index contributed by atoms with van der Waals surface area (Å²) in [5.74, 6) is 0.379. The van der Waals surface area contributed by atoms with Gasteiger partial charge in [-0.05, 0) is 75.1 Å². The zero-order chi connectivity index (χ0) is 16.6. The van der Waals surface area contributed by atoms with Crippen LogP contribution >= 0.6 is 0 Å². The molecule has 2 heterocycles. The van der Waals surface area contributed by atoms with E-state index in [0.717, 1.165) is 38.9 Å². The molecule has 24 heavy (non-hydrogen) atoms. The fraction of sp³-hybridized carbons (Fsp3) is 0.667. The molecule has 4 rings (SSSR count). The number of rotatable bonds is 3. The molecule has 2 saturated heterocycles. The van der Waals surface area contributed by atoms with Crippen molar-refractivity contribution in [2.45, 2.75) is 70.4 Å². The van der Waals surface area contributed by atoms with E-state index in [2.05, 4.69) is 34.9 Å². The third kappa shape index (κ3) is 2.88. The van der Waals surface area contributed by atoms with Crippen LogP contribution in [-0.2, 0) is 24.2 Å². The van der Waals surface area contributed by atoms with E-state index in [4.69, 9.17) is 0 Å². The minimum Gasteiger partial charge on any atom is -0.337 e. The van der Waals surface area contributed by atoms with Gasteiger partial charge in [-0.25, -0.2) is 0 Å². The van der Waals surface area contributed by atoms with E-state index in [1.807, 2.05) is 0 Å². The molecule has 0 N–H and O–H groups in total. The fourth-order valence-electron chi connectivity index (χ4n) is 5.28. The number of hydrogen-bond donors (Lipinski definition) is 0. The Balaban J connectivity index is 1.43. The van der Waals surface area contributed by atoms with Gasteiger partial charge in [0.2, 0.25) is 5.91 Å². The maximum atomic E-state index is 12.2. The highest BCUT2D eigenvalue weighted by Gasteiger charge is 2.44. The van der Waals surface area contributed by atoms with E-state index in [0.29, 0.717) is 5.91 Å². The van der Waals surface area contributed by atoms with Gasteiger partial charge in [-0.15, -0.1) is 0 Å². The smallest absolute Gasteiger partial charge is 0.223 e. The highest BCUT2D eigenvalue weighted by molar-refractivity contribution is 5.79. The van der Waals surface area contributed by atoms with Gasteiger partial charge in [-0.2, -0.15) is 0 Å². The molecule has 1 amide bonds. The molecule has 0 aromatic heterocycles. The molecule has 1 aromatic carbocycles. The average Bonchev–Trinajstić information content (AvgIpc) is 3.10. The van der Waals surface area contributed by atoms with Crippen LogP contribution in [-0.4, -0.2) is 40.9 Å². The van der Waals surface area contributed by atoms with Crippen molar-refractivity contribution < 1.29 is 4.79 Å². The highest BCUT2D eigenvalue weighted by atomic mass is 16.2. The van der Waals surface area contributed by atoms with Crippen LogP contribution in [0.25, 0.3) is 0 Å². The number of aryl methyl sites for hydroxylation is 2. The summed E-state index contributed by atoms with van der Waals surface area (Å²) >= 11 is 0. The summed E-state index contributed by atoms with van der Waals surface area (Å²) in [7, 11) is 0. The lowest BCUT2D eigenvalue weighted by Crippen LogP contribution is -2.46. The maximum Gasteiger partial charge on any atom is 0.223 e. The van der Waals surface area contributed by atoms with Crippen molar-refractivity contribution in [1.82, 2.24) is 9.80 Å². The first-order chi connectivity index (χ1) is 11.7. The molecule has 1 spiro atoms. The lowest BCUT2D eigenvalue weighted by molar-refractivity contribution is -0.131. The minimum absolute atomic E-state index is 0.165. The number of fused-ring (bicyclic) bond motifs is 1. The van der Waals surface area contributed by atoms with Crippen LogP contribution in [0, 0.1) is 0 Å². The van der Waals surface area contributed by atoms with Crippen molar-refractivity contribution in [2.75, 3.05) is 19.6 Å². The van der Waals surface area contributed by atoms with Crippen molar-refractivity contribution in [3.05, 3.63) is 34.9 Å². The SMILES string of the molecule is CCN1C(=O)CC[C@]12CCCN(Cc1ccc3c(c1)CCC3)CC2. The maximum absolute atomic E-state index is 12.2. The first-order valence-corrected chi connectivity index (χ1v) is 9.84.